The monoisotopic (exact) mass is 467 g/mol. The van der Waals surface area contributed by atoms with E-state index in [0.29, 0.717) is 5.69 Å². The highest BCUT2D eigenvalue weighted by molar-refractivity contribution is 8.14. The van der Waals surface area contributed by atoms with Gasteiger partial charge in [0.1, 0.15) is 11.5 Å². The van der Waals surface area contributed by atoms with E-state index >= 15 is 0 Å². The molecule has 1 aliphatic heterocycles. The predicted molar refractivity (Wildman–Crippen MR) is 123 cm³/mol. The molecular formula is C24H16F3N3O2S. The summed E-state index contributed by atoms with van der Waals surface area (Å²) in [5, 5.41) is 2.70. The number of anilines is 2. The average Bonchev–Trinajstić information content (AvgIpc) is 3.11. The Labute approximate surface area is 191 Å². The molecular weight excluding hydrogens is 451 g/mol. The Kier molecular flexibility index (Phi) is 6.60. The molecule has 1 N–H and O–H groups in total. The molecule has 3 aromatic carbocycles. The first-order chi connectivity index (χ1) is 15.9. The van der Waals surface area contributed by atoms with E-state index in [1.54, 1.807) is 6.08 Å². The fourth-order valence-corrected chi connectivity index (χ4v) is 3.83. The van der Waals surface area contributed by atoms with E-state index in [9.17, 15) is 22.8 Å². The summed E-state index contributed by atoms with van der Waals surface area (Å²) >= 11 is 0.985. The second kappa shape index (κ2) is 9.74. The van der Waals surface area contributed by atoms with Gasteiger partial charge < -0.3 is 5.32 Å². The number of amidine groups is 1. The number of carbonyl (C=O) groups is 2. The van der Waals surface area contributed by atoms with E-state index in [4.69, 9.17) is 0 Å². The molecule has 0 saturated carbocycles. The molecule has 2 amide bonds. The van der Waals surface area contributed by atoms with E-state index in [2.05, 4.69) is 10.3 Å². The zero-order valence-corrected chi connectivity index (χ0v) is 17.8. The van der Waals surface area contributed by atoms with Crippen LogP contribution in [0.15, 0.2) is 83.5 Å². The summed E-state index contributed by atoms with van der Waals surface area (Å²) in [5.74, 6) is -3.63. The standard InChI is InChI=1S/C24H16F3N3O2S/c25-16-6-9-18(10-7-16)30-23(32)21(12-15-4-2-1-3-5-15)29-24(30)33-14-22(31)28-17-8-11-19(26)20(27)13-17/h1-13H,14H2,(H,28,31)/b21-12+. The highest BCUT2D eigenvalue weighted by atomic mass is 32.2. The minimum atomic E-state index is -1.08. The minimum Gasteiger partial charge on any atom is -0.325 e. The summed E-state index contributed by atoms with van der Waals surface area (Å²) in [4.78, 5) is 31.1. The Hall–Kier alpha value is -3.85. The number of aliphatic imine (C=N–C) groups is 1. The number of hydrogen-bond acceptors (Lipinski definition) is 4. The summed E-state index contributed by atoms with van der Waals surface area (Å²) in [5.41, 5.74) is 1.43. The number of thioether (sulfide) groups is 1. The molecule has 166 valence electrons. The quantitative estimate of drug-likeness (QED) is 0.524. The maximum Gasteiger partial charge on any atom is 0.283 e. The van der Waals surface area contributed by atoms with Crippen LogP contribution in [0.5, 0.6) is 0 Å². The van der Waals surface area contributed by atoms with Gasteiger partial charge in [0, 0.05) is 11.8 Å². The lowest BCUT2D eigenvalue weighted by molar-refractivity contribution is -0.114. The first-order valence-electron chi connectivity index (χ1n) is 9.74. The van der Waals surface area contributed by atoms with Crippen molar-refractivity contribution < 1.29 is 22.8 Å². The molecule has 0 unspecified atom stereocenters. The third-order valence-corrected chi connectivity index (χ3v) is 5.49. The Bertz CT molecular complexity index is 1260. The van der Waals surface area contributed by atoms with E-state index in [0.717, 1.165) is 29.5 Å². The zero-order chi connectivity index (χ0) is 23.4. The molecule has 9 heteroatoms. The molecule has 33 heavy (non-hydrogen) atoms. The van der Waals surface area contributed by atoms with Crippen LogP contribution < -0.4 is 10.2 Å². The molecule has 0 spiro atoms. The van der Waals surface area contributed by atoms with Gasteiger partial charge in [-0.25, -0.2) is 18.2 Å². The first-order valence-corrected chi connectivity index (χ1v) is 10.7. The highest BCUT2D eigenvalue weighted by Crippen LogP contribution is 2.29. The lowest BCUT2D eigenvalue weighted by atomic mass is 10.2. The van der Waals surface area contributed by atoms with Crippen LogP contribution in [0.2, 0.25) is 0 Å². The van der Waals surface area contributed by atoms with Crippen LogP contribution in [0.25, 0.3) is 6.08 Å². The van der Waals surface area contributed by atoms with Gasteiger partial charge in [-0.2, -0.15) is 0 Å². The topological polar surface area (TPSA) is 61.8 Å². The van der Waals surface area contributed by atoms with Crippen molar-refractivity contribution in [1.82, 2.24) is 0 Å². The van der Waals surface area contributed by atoms with Gasteiger partial charge in [0.05, 0.1) is 11.4 Å². The van der Waals surface area contributed by atoms with Gasteiger partial charge in [-0.05, 0) is 48.0 Å². The Morgan fingerprint density at radius 1 is 0.970 bits per heavy atom. The average molecular weight is 467 g/mol. The molecule has 1 heterocycles. The van der Waals surface area contributed by atoms with Gasteiger partial charge >= 0.3 is 0 Å². The summed E-state index contributed by atoms with van der Waals surface area (Å²) in [7, 11) is 0. The molecule has 1 aliphatic rings. The lowest BCUT2D eigenvalue weighted by Crippen LogP contribution is -2.31. The summed E-state index contributed by atoms with van der Waals surface area (Å²) in [6.45, 7) is 0. The molecule has 3 aromatic rings. The van der Waals surface area contributed by atoms with Crippen molar-refractivity contribution in [2.45, 2.75) is 0 Å². The summed E-state index contributed by atoms with van der Waals surface area (Å²) in [6.07, 6.45) is 1.62. The zero-order valence-electron chi connectivity index (χ0n) is 17.0. The molecule has 0 aliphatic carbocycles. The number of benzene rings is 3. The van der Waals surface area contributed by atoms with Crippen molar-refractivity contribution in [3.63, 3.8) is 0 Å². The van der Waals surface area contributed by atoms with Crippen molar-refractivity contribution in [2.75, 3.05) is 16.0 Å². The minimum absolute atomic E-state index is 0.101. The molecule has 0 saturated heterocycles. The third-order valence-electron chi connectivity index (χ3n) is 4.55. The van der Waals surface area contributed by atoms with Gasteiger partial charge in [-0.3, -0.25) is 14.5 Å². The molecule has 0 atom stereocenters. The van der Waals surface area contributed by atoms with Crippen molar-refractivity contribution >= 4 is 46.2 Å². The second-order valence-corrected chi connectivity index (χ2v) is 7.86. The fourth-order valence-electron chi connectivity index (χ4n) is 3.02. The second-order valence-electron chi connectivity index (χ2n) is 6.92. The third kappa shape index (κ3) is 5.32. The number of nitrogens with one attached hydrogen (secondary N) is 1. The van der Waals surface area contributed by atoms with Crippen LogP contribution in [0.4, 0.5) is 24.5 Å². The van der Waals surface area contributed by atoms with Gasteiger partial charge in [-0.15, -0.1) is 0 Å². The number of halogens is 3. The van der Waals surface area contributed by atoms with Crippen LogP contribution in [0, 0.1) is 17.5 Å². The van der Waals surface area contributed by atoms with E-state index < -0.39 is 29.3 Å². The first kappa shape index (κ1) is 22.3. The number of amides is 2. The van der Waals surface area contributed by atoms with Gasteiger partial charge in [0.25, 0.3) is 5.91 Å². The number of nitrogens with zero attached hydrogens (tertiary/aromatic N) is 2. The van der Waals surface area contributed by atoms with Gasteiger partial charge in [0.15, 0.2) is 16.8 Å². The summed E-state index contributed by atoms with van der Waals surface area (Å²) in [6, 6.07) is 17.5. The lowest BCUT2D eigenvalue weighted by Gasteiger charge is -2.17. The Morgan fingerprint density at radius 3 is 2.39 bits per heavy atom. The van der Waals surface area contributed by atoms with Crippen molar-refractivity contribution in [2.24, 2.45) is 4.99 Å². The molecule has 0 fully saturated rings. The molecule has 4 rings (SSSR count). The smallest absolute Gasteiger partial charge is 0.283 e. The van der Waals surface area contributed by atoms with Crippen LogP contribution in [-0.4, -0.2) is 22.7 Å². The molecule has 5 nitrogen and oxygen atoms in total. The highest BCUT2D eigenvalue weighted by Gasteiger charge is 2.32. The van der Waals surface area contributed by atoms with Gasteiger partial charge in [0.2, 0.25) is 5.91 Å². The van der Waals surface area contributed by atoms with Gasteiger partial charge in [-0.1, -0.05) is 42.1 Å². The predicted octanol–water partition coefficient (Wildman–Crippen LogP) is 5.22. The molecule has 0 aromatic heterocycles. The van der Waals surface area contributed by atoms with Crippen LogP contribution in [-0.2, 0) is 9.59 Å². The van der Waals surface area contributed by atoms with Crippen LogP contribution in [0.3, 0.4) is 0 Å². The number of carbonyl (C=O) groups excluding carboxylic acids is 2. The van der Waals surface area contributed by atoms with E-state index in [-0.39, 0.29) is 22.3 Å². The fraction of sp³-hybridized carbons (Fsp3) is 0.0417. The van der Waals surface area contributed by atoms with Crippen molar-refractivity contribution in [3.05, 3.63) is 102 Å². The SMILES string of the molecule is O=C(CSC1=N/C(=C/c2ccccc2)C(=O)N1c1ccc(F)cc1)Nc1ccc(F)c(F)c1. The van der Waals surface area contributed by atoms with Crippen molar-refractivity contribution in [1.29, 1.82) is 0 Å². The molecule has 0 bridgehead atoms. The van der Waals surface area contributed by atoms with Crippen LogP contribution in [0.1, 0.15) is 5.56 Å². The Balaban J connectivity index is 1.55. The molecule has 0 radical (unpaired) electrons. The largest absolute Gasteiger partial charge is 0.325 e. The maximum absolute atomic E-state index is 13.4. The van der Waals surface area contributed by atoms with Crippen LogP contribution >= 0.6 is 11.8 Å². The summed E-state index contributed by atoms with van der Waals surface area (Å²) < 4.78 is 39.8. The maximum atomic E-state index is 13.4. The van der Waals surface area contributed by atoms with E-state index in [1.807, 2.05) is 30.3 Å². The Morgan fingerprint density at radius 2 is 1.70 bits per heavy atom. The number of hydrogen-bond donors (Lipinski definition) is 1. The van der Waals surface area contributed by atoms with E-state index in [1.165, 1.54) is 35.2 Å². The van der Waals surface area contributed by atoms with Crippen molar-refractivity contribution in [3.8, 4) is 0 Å². The normalized spacial score (nSPS) is 14.5. The number of rotatable bonds is 5.